The molecule has 2 fully saturated rings. The highest BCUT2D eigenvalue weighted by atomic mass is 32.2. The second kappa shape index (κ2) is 5.06. The van der Waals surface area contributed by atoms with Gasteiger partial charge in [0.15, 0.2) is 0 Å². The van der Waals surface area contributed by atoms with E-state index in [1.807, 2.05) is 18.2 Å². The van der Waals surface area contributed by atoms with Gasteiger partial charge in [-0.25, -0.2) is 17.7 Å². The molecule has 6 nitrogen and oxygen atoms in total. The summed E-state index contributed by atoms with van der Waals surface area (Å²) in [5, 5.41) is 0. The molecular formula is C14H19N3O3S. The fourth-order valence-corrected chi connectivity index (χ4v) is 4.41. The van der Waals surface area contributed by atoms with Gasteiger partial charge < -0.3 is 0 Å². The van der Waals surface area contributed by atoms with Crippen LogP contribution in [0, 0.1) is 5.41 Å². The van der Waals surface area contributed by atoms with Crippen LogP contribution in [0.5, 0.6) is 0 Å². The minimum absolute atomic E-state index is 0.0319. The molecule has 1 amide bonds. The zero-order chi connectivity index (χ0) is 15.1. The minimum atomic E-state index is -3.17. The molecule has 1 spiro atoms. The molecule has 0 radical (unpaired) electrons. The average molecular weight is 309 g/mol. The number of rotatable bonds is 3. The molecule has 3 rings (SSSR count). The van der Waals surface area contributed by atoms with E-state index in [4.69, 9.17) is 0 Å². The topological polar surface area (TPSA) is 70.6 Å². The highest BCUT2D eigenvalue weighted by molar-refractivity contribution is 7.89. The predicted octanol–water partition coefficient (Wildman–Crippen LogP) is 0.860. The van der Waals surface area contributed by atoms with Crippen LogP contribution in [0.2, 0.25) is 0 Å². The van der Waals surface area contributed by atoms with Crippen molar-refractivity contribution in [1.82, 2.24) is 9.29 Å². The fraction of sp³-hybridized carbons (Fsp3) is 0.571. The maximum atomic E-state index is 12.3. The second-order valence-electron chi connectivity index (χ2n) is 5.83. The van der Waals surface area contributed by atoms with Crippen LogP contribution in [0.4, 0.5) is 5.82 Å². The number of carbonyl (C=O) groups is 1. The molecule has 3 heterocycles. The van der Waals surface area contributed by atoms with Crippen molar-refractivity contribution in [3.63, 3.8) is 0 Å². The molecule has 0 N–H and O–H groups in total. The number of amides is 1. The SMILES string of the molecule is CCS(=O)(=O)N1CC[C@]2(CC(=O)N(c3ccccn3)C2)C1. The van der Waals surface area contributed by atoms with Gasteiger partial charge >= 0.3 is 0 Å². The summed E-state index contributed by atoms with van der Waals surface area (Å²) < 4.78 is 25.5. The highest BCUT2D eigenvalue weighted by Crippen LogP contribution is 2.42. The van der Waals surface area contributed by atoms with Gasteiger partial charge in [-0.1, -0.05) is 6.07 Å². The molecule has 0 saturated carbocycles. The summed E-state index contributed by atoms with van der Waals surface area (Å²) in [7, 11) is -3.17. The molecule has 1 aromatic heterocycles. The summed E-state index contributed by atoms with van der Waals surface area (Å²) in [6.07, 6.45) is 2.80. The van der Waals surface area contributed by atoms with Crippen LogP contribution >= 0.6 is 0 Å². The van der Waals surface area contributed by atoms with Crippen molar-refractivity contribution < 1.29 is 13.2 Å². The average Bonchev–Trinajstić information content (AvgIpc) is 3.04. The monoisotopic (exact) mass is 309 g/mol. The zero-order valence-electron chi connectivity index (χ0n) is 12.0. The molecule has 2 aliphatic heterocycles. The van der Waals surface area contributed by atoms with E-state index in [1.54, 1.807) is 18.0 Å². The lowest BCUT2D eigenvalue weighted by atomic mass is 9.86. The minimum Gasteiger partial charge on any atom is -0.296 e. The summed E-state index contributed by atoms with van der Waals surface area (Å²) in [5.41, 5.74) is -0.253. The van der Waals surface area contributed by atoms with Gasteiger partial charge in [-0.15, -0.1) is 0 Å². The van der Waals surface area contributed by atoms with Gasteiger partial charge in [-0.3, -0.25) is 9.69 Å². The third-order valence-electron chi connectivity index (χ3n) is 4.41. The van der Waals surface area contributed by atoms with Crippen molar-refractivity contribution in [2.24, 2.45) is 5.41 Å². The lowest BCUT2D eigenvalue weighted by Gasteiger charge is -2.23. The van der Waals surface area contributed by atoms with Crippen molar-refractivity contribution in [2.75, 3.05) is 30.3 Å². The van der Waals surface area contributed by atoms with E-state index in [9.17, 15) is 13.2 Å². The zero-order valence-corrected chi connectivity index (χ0v) is 12.8. The molecule has 114 valence electrons. The van der Waals surface area contributed by atoms with Crippen LogP contribution in [0.15, 0.2) is 24.4 Å². The molecule has 0 unspecified atom stereocenters. The van der Waals surface area contributed by atoms with Crippen LogP contribution in [0.25, 0.3) is 0 Å². The van der Waals surface area contributed by atoms with Gasteiger partial charge in [0.1, 0.15) is 5.82 Å². The van der Waals surface area contributed by atoms with E-state index in [0.717, 1.165) is 6.42 Å². The van der Waals surface area contributed by atoms with Crippen LogP contribution in [0.3, 0.4) is 0 Å². The Morgan fingerprint density at radius 1 is 1.33 bits per heavy atom. The third-order valence-corrected chi connectivity index (χ3v) is 6.24. The second-order valence-corrected chi connectivity index (χ2v) is 8.09. The summed E-state index contributed by atoms with van der Waals surface area (Å²) in [4.78, 5) is 18.2. The van der Waals surface area contributed by atoms with Crippen molar-refractivity contribution in [3.05, 3.63) is 24.4 Å². The number of anilines is 1. The van der Waals surface area contributed by atoms with Gasteiger partial charge in [-0.05, 0) is 25.5 Å². The molecule has 0 aliphatic carbocycles. The van der Waals surface area contributed by atoms with Gasteiger partial charge in [-0.2, -0.15) is 0 Å². The molecule has 2 saturated heterocycles. The maximum Gasteiger partial charge on any atom is 0.228 e. The number of hydrogen-bond donors (Lipinski definition) is 0. The van der Waals surface area contributed by atoms with E-state index in [0.29, 0.717) is 31.9 Å². The van der Waals surface area contributed by atoms with Crippen molar-refractivity contribution >= 4 is 21.7 Å². The first-order valence-electron chi connectivity index (χ1n) is 7.15. The number of sulfonamides is 1. The number of hydrogen-bond acceptors (Lipinski definition) is 4. The number of pyridine rings is 1. The van der Waals surface area contributed by atoms with Gasteiger partial charge in [0.05, 0.1) is 5.75 Å². The summed E-state index contributed by atoms with van der Waals surface area (Å²) in [6.45, 7) is 3.16. The fourth-order valence-electron chi connectivity index (χ4n) is 3.21. The first-order chi connectivity index (χ1) is 9.96. The number of aromatic nitrogens is 1. The van der Waals surface area contributed by atoms with E-state index < -0.39 is 10.0 Å². The number of carbonyl (C=O) groups excluding carboxylic acids is 1. The number of nitrogens with zero attached hydrogens (tertiary/aromatic N) is 3. The van der Waals surface area contributed by atoms with Crippen molar-refractivity contribution in [2.45, 2.75) is 19.8 Å². The van der Waals surface area contributed by atoms with E-state index in [2.05, 4.69) is 4.98 Å². The highest BCUT2D eigenvalue weighted by Gasteiger charge is 2.50. The van der Waals surface area contributed by atoms with Gasteiger partial charge in [0.25, 0.3) is 0 Å². The lowest BCUT2D eigenvalue weighted by Crippen LogP contribution is -2.35. The van der Waals surface area contributed by atoms with Gasteiger partial charge in [0, 0.05) is 37.7 Å². The Balaban J connectivity index is 1.79. The molecule has 7 heteroatoms. The standard InChI is InChI=1S/C14H19N3O3S/c1-2-21(19,20)16-8-6-14(10-16)9-13(18)17(11-14)12-5-3-4-7-15-12/h3-5,7H,2,6,8-11H2,1H3/t14-/m0/s1. The van der Waals surface area contributed by atoms with Crippen LogP contribution in [-0.4, -0.2) is 49.0 Å². The van der Waals surface area contributed by atoms with Crippen molar-refractivity contribution in [1.29, 1.82) is 0 Å². The Bertz CT molecular complexity index is 647. The van der Waals surface area contributed by atoms with Gasteiger partial charge in [0.2, 0.25) is 15.9 Å². The normalized spacial score (nSPS) is 26.9. The largest absolute Gasteiger partial charge is 0.296 e. The Hall–Kier alpha value is -1.47. The van der Waals surface area contributed by atoms with E-state index >= 15 is 0 Å². The molecule has 0 bridgehead atoms. The molecule has 21 heavy (non-hydrogen) atoms. The molecule has 1 aromatic rings. The first-order valence-corrected chi connectivity index (χ1v) is 8.76. The van der Waals surface area contributed by atoms with Crippen LogP contribution in [0.1, 0.15) is 19.8 Å². The molecular weight excluding hydrogens is 290 g/mol. The quantitative estimate of drug-likeness (QED) is 0.830. The Labute approximate surface area is 124 Å². The summed E-state index contributed by atoms with van der Waals surface area (Å²) >= 11 is 0. The Morgan fingerprint density at radius 2 is 2.14 bits per heavy atom. The van der Waals surface area contributed by atoms with E-state index in [1.165, 1.54) is 4.31 Å². The van der Waals surface area contributed by atoms with E-state index in [-0.39, 0.29) is 17.1 Å². The molecule has 2 aliphatic rings. The molecule has 0 aromatic carbocycles. The predicted molar refractivity (Wildman–Crippen MR) is 79.3 cm³/mol. The summed E-state index contributed by atoms with van der Waals surface area (Å²) in [5.74, 6) is 0.793. The van der Waals surface area contributed by atoms with Crippen molar-refractivity contribution in [3.8, 4) is 0 Å². The smallest absolute Gasteiger partial charge is 0.228 e. The summed E-state index contributed by atoms with van der Waals surface area (Å²) in [6, 6.07) is 5.47. The lowest BCUT2D eigenvalue weighted by molar-refractivity contribution is -0.117. The third kappa shape index (κ3) is 2.55. The Kier molecular flexibility index (Phi) is 3.49. The van der Waals surface area contributed by atoms with Crippen LogP contribution in [-0.2, 0) is 14.8 Å². The maximum absolute atomic E-state index is 12.3. The van der Waals surface area contributed by atoms with Crippen LogP contribution < -0.4 is 4.90 Å². The first kappa shape index (κ1) is 14.5. The Morgan fingerprint density at radius 3 is 2.81 bits per heavy atom. The molecule has 1 atom stereocenters.